The molecule has 5 nitrogen and oxygen atoms in total. The first kappa shape index (κ1) is 18.3. The molecule has 0 aliphatic rings. The van der Waals surface area contributed by atoms with Gasteiger partial charge in [0.05, 0.1) is 18.3 Å². The van der Waals surface area contributed by atoms with E-state index in [-0.39, 0.29) is 12.7 Å². The Balaban J connectivity index is 2.52. The zero-order valence-corrected chi connectivity index (χ0v) is 13.6. The minimum Gasteiger partial charge on any atom is -0.460 e. The van der Waals surface area contributed by atoms with Gasteiger partial charge in [0, 0.05) is 5.56 Å². The molecule has 0 amide bonds. The summed E-state index contributed by atoms with van der Waals surface area (Å²) < 4.78 is 10.5. The molecule has 0 saturated heterocycles. The highest BCUT2D eigenvalue weighted by Crippen LogP contribution is 2.14. The number of esters is 1. The van der Waals surface area contributed by atoms with Gasteiger partial charge in [-0.15, -0.1) is 0 Å². The van der Waals surface area contributed by atoms with Gasteiger partial charge in [-0.3, -0.25) is 4.79 Å². The Hall–Kier alpha value is -1.72. The van der Waals surface area contributed by atoms with Crippen molar-refractivity contribution >= 4 is 11.8 Å². The van der Waals surface area contributed by atoms with Crippen molar-refractivity contribution in [1.82, 2.24) is 0 Å². The van der Waals surface area contributed by atoms with Crippen LogP contribution in [0.3, 0.4) is 0 Å². The molecule has 0 aliphatic heterocycles. The maximum absolute atomic E-state index is 11.9. The molecule has 0 saturated carbocycles. The van der Waals surface area contributed by atoms with E-state index in [9.17, 15) is 14.7 Å². The average molecular weight is 308 g/mol. The largest absolute Gasteiger partial charge is 0.460 e. The molecule has 5 heteroatoms. The van der Waals surface area contributed by atoms with Crippen LogP contribution < -0.4 is 0 Å². The van der Waals surface area contributed by atoms with E-state index in [0.29, 0.717) is 17.7 Å². The fourth-order valence-corrected chi connectivity index (χ4v) is 1.70. The lowest BCUT2D eigenvalue weighted by Gasteiger charge is -2.15. The fraction of sp³-hybridized carbons (Fsp3) is 0.529. The summed E-state index contributed by atoms with van der Waals surface area (Å²) in [5.41, 5.74) is -0.727. The van der Waals surface area contributed by atoms with Crippen LogP contribution in [0.4, 0.5) is 0 Å². The van der Waals surface area contributed by atoms with E-state index < -0.39 is 17.4 Å². The normalized spacial score (nSPS) is 12.8. The summed E-state index contributed by atoms with van der Waals surface area (Å²) >= 11 is 0. The number of aliphatic hydroxyl groups is 1. The molecule has 1 N–H and O–H groups in total. The highest BCUT2D eigenvalue weighted by molar-refractivity contribution is 6.02. The zero-order chi connectivity index (χ0) is 16.8. The summed E-state index contributed by atoms with van der Waals surface area (Å²) in [7, 11) is 0. The number of hydrogen-bond donors (Lipinski definition) is 1. The van der Waals surface area contributed by atoms with Crippen molar-refractivity contribution in [2.45, 2.75) is 45.8 Å². The van der Waals surface area contributed by atoms with E-state index in [4.69, 9.17) is 9.47 Å². The third kappa shape index (κ3) is 5.58. The molecule has 1 unspecified atom stereocenters. The van der Waals surface area contributed by atoms with Gasteiger partial charge in [0.1, 0.15) is 12.2 Å². The molecule has 0 fully saturated rings. The number of carbonyl (C=O) groups excluding carboxylic acids is 2. The van der Waals surface area contributed by atoms with E-state index in [2.05, 4.69) is 0 Å². The van der Waals surface area contributed by atoms with Gasteiger partial charge in [0.25, 0.3) is 0 Å². The third-order valence-electron chi connectivity index (χ3n) is 3.23. The zero-order valence-electron chi connectivity index (χ0n) is 13.6. The lowest BCUT2D eigenvalue weighted by atomic mass is 9.96. The maximum Gasteiger partial charge on any atom is 0.338 e. The van der Waals surface area contributed by atoms with Crippen molar-refractivity contribution in [1.29, 1.82) is 0 Å². The molecule has 0 aliphatic carbocycles. The number of ketones is 1. The minimum atomic E-state index is -1.44. The second kappa shape index (κ2) is 8.06. The predicted molar refractivity (Wildman–Crippen MR) is 83.1 cm³/mol. The Morgan fingerprint density at radius 2 is 1.68 bits per heavy atom. The Kier molecular flexibility index (Phi) is 6.71. The highest BCUT2D eigenvalue weighted by Gasteiger charge is 2.25. The molecule has 1 atom stereocenters. The van der Waals surface area contributed by atoms with Crippen molar-refractivity contribution in [3.8, 4) is 0 Å². The number of benzene rings is 1. The summed E-state index contributed by atoms with van der Waals surface area (Å²) in [5.74, 6) is -0.857. The van der Waals surface area contributed by atoms with Crippen LogP contribution in [0.1, 0.15) is 54.8 Å². The lowest BCUT2D eigenvalue weighted by Crippen LogP contribution is -2.31. The first-order valence-electron chi connectivity index (χ1n) is 7.41. The minimum absolute atomic E-state index is 0.144. The molecular formula is C17H24O5. The van der Waals surface area contributed by atoms with Gasteiger partial charge in [0.15, 0.2) is 5.78 Å². The second-order valence-corrected chi connectivity index (χ2v) is 5.69. The van der Waals surface area contributed by atoms with Crippen molar-refractivity contribution in [2.75, 3.05) is 13.2 Å². The van der Waals surface area contributed by atoms with Crippen LogP contribution in [0, 0.1) is 0 Å². The van der Waals surface area contributed by atoms with Gasteiger partial charge in [-0.25, -0.2) is 4.79 Å². The summed E-state index contributed by atoms with van der Waals surface area (Å²) in [4.78, 5) is 23.7. The van der Waals surface area contributed by atoms with Crippen molar-refractivity contribution in [3.63, 3.8) is 0 Å². The van der Waals surface area contributed by atoms with Crippen LogP contribution in [-0.4, -0.2) is 41.8 Å². The van der Waals surface area contributed by atoms with Crippen molar-refractivity contribution < 1.29 is 24.2 Å². The monoisotopic (exact) mass is 308 g/mol. The van der Waals surface area contributed by atoms with Gasteiger partial charge in [-0.2, -0.15) is 0 Å². The second-order valence-electron chi connectivity index (χ2n) is 5.69. The highest BCUT2D eigenvalue weighted by atomic mass is 16.6. The standard InChI is InChI=1S/C17H24O5/c1-5-12(2)21-10-11-22-16(19)14-8-6-13(7-9-14)15(18)17(3,4)20/h6-9,12,20H,5,10-11H2,1-4H3. The van der Waals surface area contributed by atoms with Crippen molar-refractivity contribution in [2.24, 2.45) is 0 Å². The summed E-state index contributed by atoms with van der Waals surface area (Å²) in [5, 5.41) is 9.67. The van der Waals surface area contributed by atoms with Gasteiger partial charge in [-0.05, 0) is 39.3 Å². The SMILES string of the molecule is CCC(C)OCCOC(=O)c1ccc(C(=O)C(C)(C)O)cc1. The quantitative estimate of drug-likeness (QED) is 0.454. The third-order valence-corrected chi connectivity index (χ3v) is 3.23. The Labute approximate surface area is 131 Å². The smallest absolute Gasteiger partial charge is 0.338 e. The molecule has 0 aromatic heterocycles. The van der Waals surface area contributed by atoms with E-state index in [1.807, 2.05) is 13.8 Å². The van der Waals surface area contributed by atoms with Crippen LogP contribution in [0.2, 0.25) is 0 Å². The van der Waals surface area contributed by atoms with Crippen LogP contribution in [0.25, 0.3) is 0 Å². The molecular weight excluding hydrogens is 284 g/mol. The first-order chi connectivity index (χ1) is 10.3. The molecule has 1 aromatic carbocycles. The molecule has 0 spiro atoms. The Bertz CT molecular complexity index is 499. The number of carbonyl (C=O) groups is 2. The summed E-state index contributed by atoms with van der Waals surface area (Å²) in [6.07, 6.45) is 1.05. The van der Waals surface area contributed by atoms with Crippen LogP contribution >= 0.6 is 0 Å². The van der Waals surface area contributed by atoms with E-state index in [1.54, 1.807) is 0 Å². The summed E-state index contributed by atoms with van der Waals surface area (Å²) in [6.45, 7) is 7.38. The molecule has 1 aromatic rings. The topological polar surface area (TPSA) is 72.8 Å². The average Bonchev–Trinajstić information content (AvgIpc) is 2.49. The van der Waals surface area contributed by atoms with Crippen LogP contribution in [0.15, 0.2) is 24.3 Å². The Morgan fingerprint density at radius 1 is 1.14 bits per heavy atom. The lowest BCUT2D eigenvalue weighted by molar-refractivity contribution is 0.0120. The van der Waals surface area contributed by atoms with E-state index >= 15 is 0 Å². The van der Waals surface area contributed by atoms with Crippen LogP contribution in [0.5, 0.6) is 0 Å². The first-order valence-corrected chi connectivity index (χ1v) is 7.41. The number of Topliss-reactive ketones (excluding diaryl/α,β-unsaturated/α-hetero) is 1. The molecule has 1 rings (SSSR count). The summed E-state index contributed by atoms with van der Waals surface area (Å²) in [6, 6.07) is 6.03. The van der Waals surface area contributed by atoms with Gasteiger partial charge in [-0.1, -0.05) is 19.1 Å². The predicted octanol–water partition coefficient (Wildman–Crippen LogP) is 2.61. The molecule has 22 heavy (non-hydrogen) atoms. The fourth-order valence-electron chi connectivity index (χ4n) is 1.70. The van der Waals surface area contributed by atoms with Gasteiger partial charge >= 0.3 is 5.97 Å². The molecule has 0 radical (unpaired) electrons. The van der Waals surface area contributed by atoms with Gasteiger partial charge < -0.3 is 14.6 Å². The van der Waals surface area contributed by atoms with Crippen molar-refractivity contribution in [3.05, 3.63) is 35.4 Å². The molecule has 0 heterocycles. The number of hydrogen-bond acceptors (Lipinski definition) is 5. The molecule has 0 bridgehead atoms. The van der Waals surface area contributed by atoms with E-state index in [1.165, 1.54) is 38.1 Å². The maximum atomic E-state index is 11.9. The van der Waals surface area contributed by atoms with Gasteiger partial charge in [0.2, 0.25) is 0 Å². The van der Waals surface area contributed by atoms with Crippen LogP contribution in [-0.2, 0) is 9.47 Å². The van der Waals surface area contributed by atoms with E-state index in [0.717, 1.165) is 6.42 Å². The number of ether oxygens (including phenoxy) is 2. The Morgan fingerprint density at radius 3 is 2.18 bits per heavy atom. The number of rotatable bonds is 8. The molecule has 122 valence electrons.